The molecule has 0 saturated heterocycles. The molecule has 146 valence electrons. The minimum Gasteiger partial charge on any atom is -0.452 e. The molecule has 1 N–H and O–H groups in total. The number of ether oxygens (including phenoxy) is 1. The summed E-state index contributed by atoms with van der Waals surface area (Å²) in [6.45, 7) is -0.500. The maximum absolute atomic E-state index is 12.1. The van der Waals surface area contributed by atoms with Gasteiger partial charge < -0.3 is 10.1 Å². The molecule has 1 amide bonds. The van der Waals surface area contributed by atoms with Crippen molar-refractivity contribution in [3.05, 3.63) is 45.8 Å². The van der Waals surface area contributed by atoms with Crippen molar-refractivity contribution in [1.82, 2.24) is 0 Å². The lowest BCUT2D eigenvalue weighted by atomic mass is 9.96. The van der Waals surface area contributed by atoms with Crippen LogP contribution in [0.3, 0.4) is 0 Å². The van der Waals surface area contributed by atoms with Crippen LogP contribution in [-0.2, 0) is 32.2 Å². The van der Waals surface area contributed by atoms with Crippen molar-refractivity contribution in [3.8, 4) is 6.07 Å². The second-order valence-electron chi connectivity index (χ2n) is 6.45. The number of carbonyl (C=O) groups is 2. The molecule has 3 rings (SSSR count). The summed E-state index contributed by atoms with van der Waals surface area (Å²) in [5.74, 6) is -1.27. The van der Waals surface area contributed by atoms with Gasteiger partial charge in [-0.25, -0.2) is 13.2 Å². The van der Waals surface area contributed by atoms with Crippen LogP contribution in [-0.4, -0.2) is 33.2 Å². The summed E-state index contributed by atoms with van der Waals surface area (Å²) in [6.07, 6.45) is 4.91. The molecule has 9 heteroatoms. The van der Waals surface area contributed by atoms with E-state index in [1.54, 1.807) is 0 Å². The number of anilines is 1. The summed E-state index contributed by atoms with van der Waals surface area (Å²) >= 11 is 1.40. The maximum Gasteiger partial charge on any atom is 0.338 e. The molecule has 0 bridgehead atoms. The van der Waals surface area contributed by atoms with Gasteiger partial charge in [-0.15, -0.1) is 11.3 Å². The van der Waals surface area contributed by atoms with E-state index in [1.165, 1.54) is 35.6 Å². The van der Waals surface area contributed by atoms with Crippen molar-refractivity contribution in [2.75, 3.05) is 18.2 Å². The highest BCUT2D eigenvalue weighted by Gasteiger charge is 2.22. The second-order valence-corrected chi connectivity index (χ2v) is 9.57. The molecule has 7 nitrogen and oxygen atoms in total. The number of nitrogens with zero attached hydrogens (tertiary/aromatic N) is 1. The lowest BCUT2D eigenvalue weighted by molar-refractivity contribution is -0.119. The molecular weight excluding hydrogens is 400 g/mol. The molecule has 0 saturated carbocycles. The van der Waals surface area contributed by atoms with E-state index in [0.29, 0.717) is 10.6 Å². The summed E-state index contributed by atoms with van der Waals surface area (Å²) < 4.78 is 27.9. The fourth-order valence-electron chi connectivity index (χ4n) is 2.99. The first-order chi connectivity index (χ1) is 13.3. The van der Waals surface area contributed by atoms with E-state index in [4.69, 9.17) is 4.74 Å². The zero-order valence-corrected chi connectivity index (χ0v) is 16.8. The Morgan fingerprint density at radius 1 is 1.21 bits per heavy atom. The smallest absolute Gasteiger partial charge is 0.338 e. The number of amides is 1. The molecule has 0 unspecified atom stereocenters. The van der Waals surface area contributed by atoms with E-state index >= 15 is 0 Å². The zero-order chi connectivity index (χ0) is 20.3. The highest BCUT2D eigenvalue weighted by molar-refractivity contribution is 7.90. The number of esters is 1. The van der Waals surface area contributed by atoms with Crippen LogP contribution < -0.4 is 5.32 Å². The first kappa shape index (κ1) is 20.0. The molecule has 1 heterocycles. The molecular formula is C19H18N2O5S2. The van der Waals surface area contributed by atoms with Crippen LogP contribution >= 0.6 is 11.3 Å². The van der Waals surface area contributed by atoms with Gasteiger partial charge in [0.25, 0.3) is 5.91 Å². The topological polar surface area (TPSA) is 113 Å². The number of aryl methyl sites for hydroxylation is 1. The predicted molar refractivity (Wildman–Crippen MR) is 104 cm³/mol. The Labute approximate surface area is 166 Å². The molecule has 1 aromatic heterocycles. The van der Waals surface area contributed by atoms with Crippen LogP contribution in [0.1, 0.15) is 39.2 Å². The van der Waals surface area contributed by atoms with E-state index < -0.39 is 28.3 Å². The van der Waals surface area contributed by atoms with Crippen molar-refractivity contribution in [1.29, 1.82) is 5.26 Å². The van der Waals surface area contributed by atoms with Gasteiger partial charge in [0.2, 0.25) is 0 Å². The van der Waals surface area contributed by atoms with E-state index in [-0.39, 0.29) is 10.5 Å². The van der Waals surface area contributed by atoms with Gasteiger partial charge in [-0.2, -0.15) is 5.26 Å². The number of carbonyl (C=O) groups excluding carboxylic acids is 2. The minimum absolute atomic E-state index is 0.0903. The molecule has 0 atom stereocenters. The third-order valence-electron chi connectivity index (χ3n) is 4.39. The average Bonchev–Trinajstić information content (AvgIpc) is 3.02. The van der Waals surface area contributed by atoms with Crippen molar-refractivity contribution in [2.24, 2.45) is 0 Å². The highest BCUT2D eigenvalue weighted by atomic mass is 32.2. The molecule has 1 aliphatic carbocycles. The van der Waals surface area contributed by atoms with Crippen LogP contribution in [0.25, 0.3) is 0 Å². The number of nitrogens with one attached hydrogen (secondary N) is 1. The van der Waals surface area contributed by atoms with E-state index in [2.05, 4.69) is 11.4 Å². The molecule has 0 fully saturated rings. The van der Waals surface area contributed by atoms with Gasteiger partial charge in [-0.3, -0.25) is 4.79 Å². The number of sulfone groups is 1. The van der Waals surface area contributed by atoms with E-state index in [9.17, 15) is 23.3 Å². The third-order valence-corrected chi connectivity index (χ3v) is 6.72. The Kier molecular flexibility index (Phi) is 5.82. The number of fused-ring (bicyclic) bond motifs is 1. The van der Waals surface area contributed by atoms with Gasteiger partial charge >= 0.3 is 5.97 Å². The SMILES string of the molecule is CS(=O)(=O)c1ccc(C(=O)OCC(=O)Nc2sc3c(c2C#N)CCCC3)cc1. The van der Waals surface area contributed by atoms with Crippen LogP contribution in [0, 0.1) is 11.3 Å². The van der Waals surface area contributed by atoms with Gasteiger partial charge in [0, 0.05) is 11.1 Å². The van der Waals surface area contributed by atoms with Crippen LogP contribution in [0.4, 0.5) is 5.00 Å². The summed E-state index contributed by atoms with van der Waals surface area (Å²) in [4.78, 5) is 25.4. The van der Waals surface area contributed by atoms with Gasteiger partial charge in [-0.05, 0) is 55.5 Å². The lowest BCUT2D eigenvalue weighted by Gasteiger charge is -2.09. The number of rotatable bonds is 5. The Bertz CT molecular complexity index is 1060. The summed E-state index contributed by atoms with van der Waals surface area (Å²) in [5, 5.41) is 12.5. The molecule has 28 heavy (non-hydrogen) atoms. The van der Waals surface area contributed by atoms with E-state index in [1.807, 2.05) is 0 Å². The van der Waals surface area contributed by atoms with Gasteiger partial charge in [0.15, 0.2) is 16.4 Å². The first-order valence-corrected chi connectivity index (χ1v) is 11.3. The average molecular weight is 418 g/mol. The van der Waals surface area contributed by atoms with Gasteiger partial charge in [0.05, 0.1) is 16.0 Å². The maximum atomic E-state index is 12.1. The molecule has 1 aromatic carbocycles. The Balaban J connectivity index is 1.61. The second kappa shape index (κ2) is 8.12. The van der Waals surface area contributed by atoms with E-state index in [0.717, 1.165) is 42.4 Å². The Hall–Kier alpha value is -2.70. The predicted octanol–water partition coefficient (Wildman–Crippen LogP) is 2.70. The molecule has 0 spiro atoms. The van der Waals surface area contributed by atoms with Crippen LogP contribution in [0.5, 0.6) is 0 Å². The molecule has 0 aliphatic heterocycles. The minimum atomic E-state index is -3.36. The molecule has 0 radical (unpaired) electrons. The van der Waals surface area contributed by atoms with Crippen molar-refractivity contribution >= 4 is 38.1 Å². The molecule has 2 aromatic rings. The van der Waals surface area contributed by atoms with Crippen molar-refractivity contribution in [3.63, 3.8) is 0 Å². The van der Waals surface area contributed by atoms with Crippen molar-refractivity contribution in [2.45, 2.75) is 30.6 Å². The first-order valence-electron chi connectivity index (χ1n) is 8.61. The van der Waals surface area contributed by atoms with Crippen LogP contribution in [0.2, 0.25) is 0 Å². The fourth-order valence-corrected chi connectivity index (χ4v) is 4.87. The van der Waals surface area contributed by atoms with Gasteiger partial charge in [-0.1, -0.05) is 0 Å². The summed E-state index contributed by atoms with van der Waals surface area (Å²) in [6, 6.07) is 7.43. The number of thiophene rings is 1. The summed E-state index contributed by atoms with van der Waals surface area (Å²) in [5.41, 5.74) is 1.65. The normalized spacial score (nSPS) is 13.3. The monoisotopic (exact) mass is 418 g/mol. The fraction of sp³-hybridized carbons (Fsp3) is 0.316. The third kappa shape index (κ3) is 4.40. The Morgan fingerprint density at radius 3 is 2.54 bits per heavy atom. The lowest BCUT2D eigenvalue weighted by Crippen LogP contribution is -2.21. The zero-order valence-electron chi connectivity index (χ0n) is 15.1. The quantitative estimate of drug-likeness (QED) is 0.747. The highest BCUT2D eigenvalue weighted by Crippen LogP contribution is 2.37. The van der Waals surface area contributed by atoms with Crippen LogP contribution in [0.15, 0.2) is 29.2 Å². The Morgan fingerprint density at radius 2 is 1.89 bits per heavy atom. The number of benzene rings is 1. The number of nitriles is 1. The number of hydrogen-bond acceptors (Lipinski definition) is 7. The van der Waals surface area contributed by atoms with Gasteiger partial charge in [0.1, 0.15) is 11.1 Å². The summed E-state index contributed by atoms with van der Waals surface area (Å²) in [7, 11) is -3.36. The largest absolute Gasteiger partial charge is 0.452 e. The molecule has 1 aliphatic rings. The standard InChI is InChI=1S/C19H18N2O5S2/c1-28(24,25)13-8-6-12(7-9-13)19(23)26-11-17(22)21-18-15(10-20)14-4-2-3-5-16(14)27-18/h6-9H,2-5,11H2,1H3,(H,21,22). The number of hydrogen-bond donors (Lipinski definition) is 1. The van der Waals surface area contributed by atoms with Crippen molar-refractivity contribution < 1.29 is 22.7 Å².